The van der Waals surface area contributed by atoms with E-state index in [2.05, 4.69) is 26.9 Å². The number of hydrogen-bond acceptors (Lipinski definition) is 3. The van der Waals surface area contributed by atoms with Crippen LogP contribution in [0.25, 0.3) is 0 Å². The Morgan fingerprint density at radius 1 is 1.05 bits per heavy atom. The van der Waals surface area contributed by atoms with Crippen LogP contribution in [0.4, 0.5) is 0 Å². The van der Waals surface area contributed by atoms with E-state index >= 15 is 0 Å². The van der Waals surface area contributed by atoms with Crippen LogP contribution in [0.1, 0.15) is 44.2 Å². The van der Waals surface area contributed by atoms with Crippen molar-refractivity contribution in [3.05, 3.63) is 30.1 Å². The summed E-state index contributed by atoms with van der Waals surface area (Å²) in [7, 11) is 0. The summed E-state index contributed by atoms with van der Waals surface area (Å²) in [6.45, 7) is 6.30. The van der Waals surface area contributed by atoms with Gasteiger partial charge in [-0.1, -0.05) is 6.07 Å². The minimum Gasteiger partial charge on any atom is -0.300 e. The summed E-state index contributed by atoms with van der Waals surface area (Å²) in [6.07, 6.45) is 10.5. The molecule has 0 radical (unpaired) electrons. The molecule has 3 aliphatic rings. The first kappa shape index (κ1) is 13.7. The second-order valence-corrected chi connectivity index (χ2v) is 7.40. The summed E-state index contributed by atoms with van der Waals surface area (Å²) in [5, 5.41) is 0. The monoisotopic (exact) mass is 285 g/mol. The van der Waals surface area contributed by atoms with Crippen molar-refractivity contribution in [3.63, 3.8) is 0 Å². The molecule has 3 fully saturated rings. The first-order valence-electron chi connectivity index (χ1n) is 8.69. The molecule has 21 heavy (non-hydrogen) atoms. The number of piperidine rings is 1. The Bertz CT molecular complexity index is 451. The molecule has 1 aromatic rings. The fourth-order valence-corrected chi connectivity index (χ4v) is 4.62. The Balaban J connectivity index is 1.26. The molecule has 0 amide bonds. The highest BCUT2D eigenvalue weighted by Crippen LogP contribution is 2.51. The minimum atomic E-state index is 0.702. The Morgan fingerprint density at radius 3 is 2.48 bits per heavy atom. The van der Waals surface area contributed by atoms with Gasteiger partial charge in [0.1, 0.15) is 0 Å². The number of aromatic nitrogens is 1. The third kappa shape index (κ3) is 2.86. The van der Waals surface area contributed by atoms with Crippen LogP contribution in [0.5, 0.6) is 0 Å². The van der Waals surface area contributed by atoms with Gasteiger partial charge in [-0.15, -0.1) is 0 Å². The zero-order valence-electron chi connectivity index (χ0n) is 13.0. The van der Waals surface area contributed by atoms with Gasteiger partial charge in [0.25, 0.3) is 0 Å². The standard InChI is InChI=1S/C18H27N3/c1-2-8-19-16(5-1)15-20-11-6-18(7-12-20)13-17(14-18)21-9-3-4-10-21/h1-2,5,8,17H,3-4,6-7,9-15H2. The van der Waals surface area contributed by atoms with Crippen LogP contribution in [0.2, 0.25) is 0 Å². The van der Waals surface area contributed by atoms with Crippen LogP contribution in [0.15, 0.2) is 24.4 Å². The van der Waals surface area contributed by atoms with E-state index in [1.807, 2.05) is 12.3 Å². The number of nitrogens with zero attached hydrogens (tertiary/aromatic N) is 3. The third-order valence-corrected chi connectivity index (χ3v) is 6.02. The molecule has 3 heteroatoms. The van der Waals surface area contributed by atoms with E-state index in [0.29, 0.717) is 5.41 Å². The Hall–Kier alpha value is -0.930. The van der Waals surface area contributed by atoms with Gasteiger partial charge in [0.15, 0.2) is 0 Å². The molecule has 1 spiro atoms. The van der Waals surface area contributed by atoms with Crippen LogP contribution >= 0.6 is 0 Å². The maximum Gasteiger partial charge on any atom is 0.0543 e. The van der Waals surface area contributed by atoms with Crippen LogP contribution in [0.3, 0.4) is 0 Å². The molecule has 1 aliphatic carbocycles. The SMILES string of the molecule is c1ccc(CN2CCC3(CC2)CC(N2CCCC2)C3)nc1. The molecule has 0 bridgehead atoms. The van der Waals surface area contributed by atoms with Crippen LogP contribution in [-0.2, 0) is 6.54 Å². The van der Waals surface area contributed by atoms with Gasteiger partial charge < -0.3 is 4.90 Å². The highest BCUT2D eigenvalue weighted by Gasteiger charge is 2.47. The average molecular weight is 285 g/mol. The van der Waals surface area contributed by atoms with E-state index in [4.69, 9.17) is 0 Å². The Morgan fingerprint density at radius 2 is 1.81 bits per heavy atom. The predicted octanol–water partition coefficient (Wildman–Crippen LogP) is 2.92. The van der Waals surface area contributed by atoms with Gasteiger partial charge in [-0.25, -0.2) is 0 Å². The van der Waals surface area contributed by atoms with Gasteiger partial charge in [0, 0.05) is 18.8 Å². The van der Waals surface area contributed by atoms with Gasteiger partial charge >= 0.3 is 0 Å². The van der Waals surface area contributed by atoms with Crippen molar-refractivity contribution in [2.75, 3.05) is 26.2 Å². The highest BCUT2D eigenvalue weighted by molar-refractivity contribution is 5.05. The fraction of sp³-hybridized carbons (Fsp3) is 0.722. The summed E-state index contributed by atoms with van der Waals surface area (Å²) in [4.78, 5) is 9.81. The topological polar surface area (TPSA) is 19.4 Å². The van der Waals surface area contributed by atoms with Crippen molar-refractivity contribution in [1.29, 1.82) is 0 Å². The maximum absolute atomic E-state index is 4.46. The largest absolute Gasteiger partial charge is 0.300 e. The zero-order chi connectivity index (χ0) is 14.1. The molecule has 1 aromatic heterocycles. The third-order valence-electron chi connectivity index (χ3n) is 6.02. The van der Waals surface area contributed by atoms with E-state index in [0.717, 1.165) is 12.6 Å². The number of hydrogen-bond donors (Lipinski definition) is 0. The molecule has 0 unspecified atom stereocenters. The number of rotatable bonds is 3. The normalized spacial score (nSPS) is 27.0. The molecule has 2 saturated heterocycles. The summed E-state index contributed by atoms with van der Waals surface area (Å²) in [5.41, 5.74) is 1.92. The first-order chi connectivity index (χ1) is 10.3. The fourth-order valence-electron chi connectivity index (χ4n) is 4.62. The van der Waals surface area contributed by atoms with Crippen molar-refractivity contribution in [3.8, 4) is 0 Å². The van der Waals surface area contributed by atoms with Crippen LogP contribution in [-0.4, -0.2) is 47.0 Å². The minimum absolute atomic E-state index is 0.702. The van der Waals surface area contributed by atoms with E-state index in [9.17, 15) is 0 Å². The van der Waals surface area contributed by atoms with E-state index in [1.165, 1.54) is 70.4 Å². The zero-order valence-corrected chi connectivity index (χ0v) is 13.0. The van der Waals surface area contributed by atoms with Crippen molar-refractivity contribution in [2.24, 2.45) is 5.41 Å². The van der Waals surface area contributed by atoms with Crippen LogP contribution in [0, 0.1) is 5.41 Å². The molecule has 0 N–H and O–H groups in total. The lowest BCUT2D eigenvalue weighted by Gasteiger charge is -2.54. The van der Waals surface area contributed by atoms with Gasteiger partial charge in [0.05, 0.1) is 5.69 Å². The molecular formula is C18H27N3. The smallest absolute Gasteiger partial charge is 0.0543 e. The van der Waals surface area contributed by atoms with Crippen LogP contribution < -0.4 is 0 Å². The lowest BCUT2D eigenvalue weighted by molar-refractivity contribution is -0.0371. The lowest BCUT2D eigenvalue weighted by atomic mass is 9.60. The molecule has 4 rings (SSSR count). The average Bonchev–Trinajstić information content (AvgIpc) is 3.01. The Labute approximate surface area is 128 Å². The van der Waals surface area contributed by atoms with Gasteiger partial charge in [-0.2, -0.15) is 0 Å². The summed E-state index contributed by atoms with van der Waals surface area (Å²) < 4.78 is 0. The van der Waals surface area contributed by atoms with E-state index < -0.39 is 0 Å². The second kappa shape index (κ2) is 5.69. The van der Waals surface area contributed by atoms with Gasteiger partial charge in [-0.3, -0.25) is 9.88 Å². The molecule has 2 aliphatic heterocycles. The van der Waals surface area contributed by atoms with E-state index in [1.54, 1.807) is 0 Å². The Kier molecular flexibility index (Phi) is 3.72. The number of likely N-dealkylation sites (tertiary alicyclic amines) is 2. The molecule has 3 nitrogen and oxygen atoms in total. The van der Waals surface area contributed by atoms with Crippen molar-refractivity contribution in [1.82, 2.24) is 14.8 Å². The van der Waals surface area contributed by atoms with Crippen molar-refractivity contribution in [2.45, 2.75) is 51.1 Å². The predicted molar refractivity (Wildman–Crippen MR) is 85.0 cm³/mol. The highest BCUT2D eigenvalue weighted by atomic mass is 15.2. The number of pyridine rings is 1. The van der Waals surface area contributed by atoms with Gasteiger partial charge in [-0.05, 0) is 82.3 Å². The first-order valence-corrected chi connectivity index (χ1v) is 8.69. The molecule has 114 valence electrons. The summed E-state index contributed by atoms with van der Waals surface area (Å²) in [5.74, 6) is 0. The molecule has 1 saturated carbocycles. The van der Waals surface area contributed by atoms with E-state index in [-0.39, 0.29) is 0 Å². The van der Waals surface area contributed by atoms with Crippen molar-refractivity contribution < 1.29 is 0 Å². The molecular weight excluding hydrogens is 258 g/mol. The molecule has 3 heterocycles. The second-order valence-electron chi connectivity index (χ2n) is 7.40. The quantitative estimate of drug-likeness (QED) is 0.851. The molecule has 0 atom stereocenters. The summed E-state index contributed by atoms with van der Waals surface area (Å²) >= 11 is 0. The maximum atomic E-state index is 4.46. The lowest BCUT2D eigenvalue weighted by Crippen LogP contribution is -2.54. The van der Waals surface area contributed by atoms with Gasteiger partial charge in [0.2, 0.25) is 0 Å². The molecule has 0 aromatic carbocycles. The summed E-state index contributed by atoms with van der Waals surface area (Å²) in [6, 6.07) is 7.17. The van der Waals surface area contributed by atoms with Crippen molar-refractivity contribution >= 4 is 0 Å².